The topological polar surface area (TPSA) is 67.6 Å². The van der Waals surface area contributed by atoms with Gasteiger partial charge in [-0.2, -0.15) is 5.10 Å². The SMILES string of the molecule is CCCN(N)/C(C)=N\N. The Morgan fingerprint density at radius 3 is 2.56 bits per heavy atom. The van der Waals surface area contributed by atoms with Gasteiger partial charge in [-0.15, -0.1) is 0 Å². The molecule has 0 saturated carbocycles. The zero-order valence-corrected chi connectivity index (χ0v) is 5.96. The molecule has 4 heteroatoms. The van der Waals surface area contributed by atoms with Crippen LogP contribution in [-0.4, -0.2) is 17.4 Å². The third-order valence-electron chi connectivity index (χ3n) is 1.07. The average molecular weight is 130 g/mol. The van der Waals surface area contributed by atoms with Crippen LogP contribution in [0.1, 0.15) is 20.3 Å². The molecule has 0 aromatic carbocycles. The highest BCUT2D eigenvalue weighted by molar-refractivity contribution is 5.78. The van der Waals surface area contributed by atoms with E-state index < -0.39 is 0 Å². The lowest BCUT2D eigenvalue weighted by Gasteiger charge is -2.14. The van der Waals surface area contributed by atoms with Crippen molar-refractivity contribution in [2.24, 2.45) is 16.8 Å². The fourth-order valence-electron chi connectivity index (χ4n) is 0.477. The first-order chi connectivity index (χ1) is 4.22. The highest BCUT2D eigenvalue weighted by atomic mass is 15.4. The van der Waals surface area contributed by atoms with E-state index in [1.165, 1.54) is 5.01 Å². The zero-order chi connectivity index (χ0) is 7.28. The lowest BCUT2D eigenvalue weighted by molar-refractivity contribution is 0.434. The molecule has 4 nitrogen and oxygen atoms in total. The van der Waals surface area contributed by atoms with E-state index in [1.807, 2.05) is 6.92 Å². The third kappa shape index (κ3) is 2.92. The number of hydrogen-bond donors (Lipinski definition) is 2. The lowest BCUT2D eigenvalue weighted by atomic mass is 10.4. The van der Waals surface area contributed by atoms with Crippen molar-refractivity contribution in [3.05, 3.63) is 0 Å². The molecular formula is C5H14N4. The fraction of sp³-hybridized carbons (Fsp3) is 0.800. The summed E-state index contributed by atoms with van der Waals surface area (Å²) in [5, 5.41) is 4.95. The molecule has 0 atom stereocenters. The summed E-state index contributed by atoms with van der Waals surface area (Å²) in [5.74, 6) is 11.1. The summed E-state index contributed by atoms with van der Waals surface area (Å²) in [5.41, 5.74) is 0. The monoisotopic (exact) mass is 130 g/mol. The highest BCUT2D eigenvalue weighted by Crippen LogP contribution is 1.83. The molecule has 0 saturated heterocycles. The Bertz CT molecular complexity index is 99.1. The molecule has 0 amide bonds. The molecule has 9 heavy (non-hydrogen) atoms. The summed E-state index contributed by atoms with van der Waals surface area (Å²) in [6, 6.07) is 0. The van der Waals surface area contributed by atoms with Crippen LogP contribution in [0.5, 0.6) is 0 Å². The van der Waals surface area contributed by atoms with Gasteiger partial charge in [0.15, 0.2) is 0 Å². The molecule has 0 unspecified atom stereocenters. The molecule has 0 radical (unpaired) electrons. The predicted octanol–water partition coefficient (Wildman–Crippen LogP) is -0.136. The van der Waals surface area contributed by atoms with Gasteiger partial charge in [-0.3, -0.25) is 5.01 Å². The molecule has 0 spiro atoms. The van der Waals surface area contributed by atoms with Crippen molar-refractivity contribution < 1.29 is 0 Å². The molecule has 0 fully saturated rings. The Hall–Kier alpha value is -0.770. The maximum Gasteiger partial charge on any atom is 0.135 e. The number of amidine groups is 1. The van der Waals surface area contributed by atoms with Crippen molar-refractivity contribution in [2.75, 3.05) is 6.54 Å². The van der Waals surface area contributed by atoms with Crippen molar-refractivity contribution >= 4 is 5.84 Å². The number of nitrogens with two attached hydrogens (primary N) is 2. The molecule has 0 bridgehead atoms. The van der Waals surface area contributed by atoms with Gasteiger partial charge in [0.05, 0.1) is 0 Å². The van der Waals surface area contributed by atoms with E-state index in [0.717, 1.165) is 13.0 Å². The maximum absolute atomic E-state index is 5.46. The van der Waals surface area contributed by atoms with E-state index >= 15 is 0 Å². The molecule has 0 aromatic heterocycles. The summed E-state index contributed by atoms with van der Waals surface area (Å²) in [4.78, 5) is 0. The molecule has 0 aliphatic rings. The predicted molar refractivity (Wildman–Crippen MR) is 38.5 cm³/mol. The third-order valence-corrected chi connectivity index (χ3v) is 1.07. The largest absolute Gasteiger partial charge is 0.322 e. The second kappa shape index (κ2) is 4.14. The van der Waals surface area contributed by atoms with Gasteiger partial charge < -0.3 is 5.84 Å². The van der Waals surface area contributed by atoms with Crippen molar-refractivity contribution in [3.63, 3.8) is 0 Å². The van der Waals surface area contributed by atoms with E-state index in [0.29, 0.717) is 5.84 Å². The number of nitrogens with zero attached hydrogens (tertiary/aromatic N) is 2. The smallest absolute Gasteiger partial charge is 0.135 e. The molecular weight excluding hydrogens is 116 g/mol. The molecule has 0 aliphatic heterocycles. The van der Waals surface area contributed by atoms with Crippen LogP contribution in [0, 0.1) is 0 Å². The summed E-state index contributed by atoms with van der Waals surface area (Å²) < 4.78 is 0. The Labute approximate surface area is 55.5 Å². The minimum Gasteiger partial charge on any atom is -0.322 e. The average Bonchev–Trinajstić information content (AvgIpc) is 1.87. The summed E-state index contributed by atoms with van der Waals surface area (Å²) in [6.07, 6.45) is 1.00. The van der Waals surface area contributed by atoms with Gasteiger partial charge in [-0.05, 0) is 13.3 Å². The van der Waals surface area contributed by atoms with E-state index in [1.54, 1.807) is 6.92 Å². The molecule has 0 heterocycles. The van der Waals surface area contributed by atoms with Crippen molar-refractivity contribution in [2.45, 2.75) is 20.3 Å². The van der Waals surface area contributed by atoms with Gasteiger partial charge in [0.2, 0.25) is 0 Å². The van der Waals surface area contributed by atoms with Crippen LogP contribution in [0.2, 0.25) is 0 Å². The highest BCUT2D eigenvalue weighted by Gasteiger charge is 1.96. The maximum atomic E-state index is 5.46. The van der Waals surface area contributed by atoms with E-state index in [2.05, 4.69) is 5.10 Å². The van der Waals surface area contributed by atoms with Crippen LogP contribution >= 0.6 is 0 Å². The molecule has 4 N–H and O–H groups in total. The standard InChI is InChI=1S/C5H14N4/c1-3-4-9(7)5(2)8-6/h3-4,6-7H2,1-2H3/b8-5-. The fourth-order valence-corrected chi connectivity index (χ4v) is 0.477. The van der Waals surface area contributed by atoms with Crippen LogP contribution in [-0.2, 0) is 0 Å². The first kappa shape index (κ1) is 8.23. The molecule has 54 valence electrons. The number of rotatable bonds is 2. The minimum absolute atomic E-state index is 0.664. The molecule has 0 rings (SSSR count). The Balaban J connectivity index is 3.59. The number of hydrogen-bond acceptors (Lipinski definition) is 3. The number of hydrazone groups is 1. The second-order valence-corrected chi connectivity index (χ2v) is 1.87. The second-order valence-electron chi connectivity index (χ2n) is 1.87. The Morgan fingerprint density at radius 1 is 1.67 bits per heavy atom. The zero-order valence-electron chi connectivity index (χ0n) is 5.96. The number of hydrazine groups is 1. The van der Waals surface area contributed by atoms with Gasteiger partial charge in [-0.1, -0.05) is 6.92 Å². The van der Waals surface area contributed by atoms with E-state index in [-0.39, 0.29) is 0 Å². The van der Waals surface area contributed by atoms with Gasteiger partial charge in [-0.25, -0.2) is 5.84 Å². The lowest BCUT2D eigenvalue weighted by Crippen LogP contribution is -2.36. The van der Waals surface area contributed by atoms with E-state index in [4.69, 9.17) is 11.7 Å². The van der Waals surface area contributed by atoms with Crippen LogP contribution in [0.4, 0.5) is 0 Å². The first-order valence-electron chi connectivity index (χ1n) is 2.99. The normalized spacial score (nSPS) is 11.7. The van der Waals surface area contributed by atoms with Gasteiger partial charge in [0, 0.05) is 6.54 Å². The van der Waals surface area contributed by atoms with Gasteiger partial charge in [0.25, 0.3) is 0 Å². The van der Waals surface area contributed by atoms with Crippen LogP contribution in [0.15, 0.2) is 5.10 Å². The summed E-state index contributed by atoms with van der Waals surface area (Å²) in [6.45, 7) is 4.62. The van der Waals surface area contributed by atoms with Crippen molar-refractivity contribution in [1.82, 2.24) is 5.01 Å². The van der Waals surface area contributed by atoms with Crippen LogP contribution in [0.25, 0.3) is 0 Å². The Kier molecular flexibility index (Phi) is 3.79. The quantitative estimate of drug-likeness (QED) is 0.237. The van der Waals surface area contributed by atoms with Crippen molar-refractivity contribution in [3.8, 4) is 0 Å². The molecule has 0 aliphatic carbocycles. The van der Waals surface area contributed by atoms with Crippen LogP contribution < -0.4 is 11.7 Å². The molecule has 0 aromatic rings. The van der Waals surface area contributed by atoms with E-state index in [9.17, 15) is 0 Å². The first-order valence-corrected chi connectivity index (χ1v) is 2.99. The summed E-state index contributed by atoms with van der Waals surface area (Å²) in [7, 11) is 0. The minimum atomic E-state index is 0.664. The van der Waals surface area contributed by atoms with Crippen LogP contribution in [0.3, 0.4) is 0 Å². The Morgan fingerprint density at radius 2 is 2.22 bits per heavy atom. The van der Waals surface area contributed by atoms with Gasteiger partial charge in [0.1, 0.15) is 5.84 Å². The summed E-state index contributed by atoms with van der Waals surface area (Å²) >= 11 is 0. The van der Waals surface area contributed by atoms with Gasteiger partial charge >= 0.3 is 0 Å². The van der Waals surface area contributed by atoms with Crippen molar-refractivity contribution in [1.29, 1.82) is 0 Å².